The van der Waals surface area contributed by atoms with E-state index < -0.39 is 11.7 Å². The molecule has 4 nitrogen and oxygen atoms in total. The predicted octanol–water partition coefficient (Wildman–Crippen LogP) is 4.05. The number of alkyl halides is 3. The van der Waals surface area contributed by atoms with Gasteiger partial charge in [-0.15, -0.1) is 0 Å². The first-order chi connectivity index (χ1) is 10.9. The summed E-state index contributed by atoms with van der Waals surface area (Å²) in [7, 11) is 0. The average molecular weight is 324 g/mol. The lowest BCUT2D eigenvalue weighted by Gasteiger charge is -2.19. The Bertz CT molecular complexity index is 724. The van der Waals surface area contributed by atoms with E-state index in [1.807, 2.05) is 6.92 Å². The number of carbonyl (C=O) groups excluding carboxylic acids is 1. The fourth-order valence-corrected chi connectivity index (χ4v) is 2.84. The molecule has 0 N–H and O–H groups in total. The van der Waals surface area contributed by atoms with Crippen LogP contribution in [0.1, 0.15) is 30.9 Å². The second kappa shape index (κ2) is 5.72. The van der Waals surface area contributed by atoms with Gasteiger partial charge in [0.1, 0.15) is 0 Å². The van der Waals surface area contributed by atoms with Crippen LogP contribution in [0.5, 0.6) is 0 Å². The molecule has 7 heteroatoms. The highest BCUT2D eigenvalue weighted by atomic mass is 19.4. The highest BCUT2D eigenvalue weighted by Gasteiger charge is 2.36. The molecule has 0 saturated carbocycles. The van der Waals surface area contributed by atoms with Gasteiger partial charge < -0.3 is 9.32 Å². The van der Waals surface area contributed by atoms with E-state index in [9.17, 15) is 18.0 Å². The van der Waals surface area contributed by atoms with E-state index in [2.05, 4.69) is 4.98 Å². The molecule has 0 saturated heterocycles. The number of oxazole rings is 1. The van der Waals surface area contributed by atoms with E-state index in [-0.39, 0.29) is 11.7 Å². The number of aromatic nitrogens is 1. The second-order valence-electron chi connectivity index (χ2n) is 5.43. The maximum absolute atomic E-state index is 13.2. The van der Waals surface area contributed by atoms with Crippen molar-refractivity contribution in [3.63, 3.8) is 0 Å². The Labute approximate surface area is 130 Å². The summed E-state index contributed by atoms with van der Waals surface area (Å²) in [5, 5.41) is 0. The zero-order valence-corrected chi connectivity index (χ0v) is 12.5. The molecule has 1 aromatic heterocycles. The summed E-state index contributed by atoms with van der Waals surface area (Å²) in [5.41, 5.74) is 0.571. The van der Waals surface area contributed by atoms with E-state index in [1.54, 1.807) is 0 Å². The van der Waals surface area contributed by atoms with Gasteiger partial charge in [0.15, 0.2) is 12.2 Å². The lowest BCUT2D eigenvalue weighted by Crippen LogP contribution is -2.28. The van der Waals surface area contributed by atoms with Crippen molar-refractivity contribution in [1.29, 1.82) is 0 Å². The normalized spacial score (nSPS) is 14.2. The molecule has 0 bridgehead atoms. The van der Waals surface area contributed by atoms with Gasteiger partial charge in [0.25, 0.3) is 0 Å². The van der Waals surface area contributed by atoms with Crippen LogP contribution < -0.4 is 4.90 Å². The van der Waals surface area contributed by atoms with Crippen LogP contribution in [0.15, 0.2) is 29.1 Å². The van der Waals surface area contributed by atoms with E-state index in [1.165, 1.54) is 17.5 Å². The molecule has 0 atom stereocenters. The smallest absolute Gasteiger partial charge is 0.416 e. The van der Waals surface area contributed by atoms with Gasteiger partial charge in [-0.05, 0) is 30.5 Å². The van der Waals surface area contributed by atoms with Crippen molar-refractivity contribution in [2.75, 3.05) is 11.4 Å². The number of nitrogens with zero attached hydrogens (tertiary/aromatic N) is 2. The first-order valence-corrected chi connectivity index (χ1v) is 7.35. The Balaban J connectivity index is 2.15. The third kappa shape index (κ3) is 2.83. The summed E-state index contributed by atoms with van der Waals surface area (Å²) in [4.78, 5) is 17.4. The topological polar surface area (TPSA) is 46.3 Å². The first-order valence-electron chi connectivity index (χ1n) is 7.35. The number of hydrogen-bond acceptors (Lipinski definition) is 3. The third-order valence-corrected chi connectivity index (χ3v) is 3.89. The van der Waals surface area contributed by atoms with Crippen LogP contribution in [0, 0.1) is 0 Å². The van der Waals surface area contributed by atoms with E-state index in [0.29, 0.717) is 42.6 Å². The number of amides is 1. The molecule has 0 spiro atoms. The van der Waals surface area contributed by atoms with Gasteiger partial charge in [-0.1, -0.05) is 6.92 Å². The standard InChI is InChI=1S/C16H15F3N2O2/c1-2-3-15(22)21-5-4-11-12(14-8-20-9-23-14)6-10(7-13(11)21)16(17,18)19/h6-9H,2-5H2,1H3. The number of fused-ring (bicyclic) bond motifs is 1. The Hall–Kier alpha value is -2.31. The van der Waals surface area contributed by atoms with Crippen LogP contribution >= 0.6 is 0 Å². The molecule has 2 aromatic rings. The molecule has 0 aliphatic carbocycles. The summed E-state index contributed by atoms with van der Waals surface area (Å²) in [6, 6.07) is 2.11. The van der Waals surface area contributed by atoms with Gasteiger partial charge in [-0.2, -0.15) is 13.2 Å². The molecule has 1 aliphatic heterocycles. The Morgan fingerprint density at radius 1 is 1.39 bits per heavy atom. The number of anilines is 1. The molecule has 1 aliphatic rings. The summed E-state index contributed by atoms with van der Waals surface area (Å²) in [6.45, 7) is 2.25. The Morgan fingerprint density at radius 2 is 2.17 bits per heavy atom. The van der Waals surface area contributed by atoms with E-state index in [4.69, 9.17) is 4.42 Å². The molecule has 2 heterocycles. The van der Waals surface area contributed by atoms with Gasteiger partial charge in [0, 0.05) is 24.2 Å². The van der Waals surface area contributed by atoms with Crippen LogP contribution in [0.4, 0.5) is 18.9 Å². The summed E-state index contributed by atoms with van der Waals surface area (Å²) in [6.07, 6.45) is -0.472. The van der Waals surface area contributed by atoms with Gasteiger partial charge in [-0.25, -0.2) is 4.98 Å². The molecule has 122 valence electrons. The van der Waals surface area contributed by atoms with Crippen molar-refractivity contribution in [2.24, 2.45) is 0 Å². The third-order valence-electron chi connectivity index (χ3n) is 3.89. The minimum Gasteiger partial charge on any atom is -0.444 e. The Kier molecular flexibility index (Phi) is 3.87. The Morgan fingerprint density at radius 3 is 2.78 bits per heavy atom. The highest BCUT2D eigenvalue weighted by Crippen LogP contribution is 2.42. The van der Waals surface area contributed by atoms with Gasteiger partial charge in [0.05, 0.1) is 11.8 Å². The molecular formula is C16H15F3N2O2. The molecule has 0 unspecified atom stereocenters. The van der Waals surface area contributed by atoms with Gasteiger partial charge in [-0.3, -0.25) is 4.79 Å². The van der Waals surface area contributed by atoms with Crippen molar-refractivity contribution < 1.29 is 22.4 Å². The molecule has 1 aromatic carbocycles. The second-order valence-corrected chi connectivity index (χ2v) is 5.43. The lowest BCUT2D eigenvalue weighted by molar-refractivity contribution is -0.137. The monoisotopic (exact) mass is 324 g/mol. The van der Waals surface area contributed by atoms with Crippen LogP contribution in [0.3, 0.4) is 0 Å². The van der Waals surface area contributed by atoms with Crippen molar-refractivity contribution in [3.05, 3.63) is 35.9 Å². The quantitative estimate of drug-likeness (QED) is 0.856. The first kappa shape index (κ1) is 15.6. The largest absolute Gasteiger partial charge is 0.444 e. The highest BCUT2D eigenvalue weighted by molar-refractivity contribution is 5.97. The zero-order chi connectivity index (χ0) is 16.6. The molecule has 1 amide bonds. The van der Waals surface area contributed by atoms with Crippen LogP contribution in [-0.2, 0) is 17.4 Å². The number of hydrogen-bond donors (Lipinski definition) is 0. The lowest BCUT2D eigenvalue weighted by atomic mass is 9.99. The number of carbonyl (C=O) groups is 1. The number of benzene rings is 1. The SMILES string of the molecule is CCCC(=O)N1CCc2c(-c3cnco3)cc(C(F)(F)F)cc21. The van der Waals surface area contributed by atoms with Crippen LogP contribution in [0.2, 0.25) is 0 Å². The van der Waals surface area contributed by atoms with Crippen molar-refractivity contribution in [2.45, 2.75) is 32.4 Å². The predicted molar refractivity (Wildman–Crippen MR) is 77.9 cm³/mol. The van der Waals surface area contributed by atoms with Crippen molar-refractivity contribution in [3.8, 4) is 11.3 Å². The minimum atomic E-state index is -4.49. The molecular weight excluding hydrogens is 309 g/mol. The molecule has 3 rings (SSSR count). The average Bonchev–Trinajstić information content (AvgIpc) is 3.15. The molecule has 0 fully saturated rings. The van der Waals surface area contributed by atoms with Gasteiger partial charge in [0.2, 0.25) is 5.91 Å². The van der Waals surface area contributed by atoms with Crippen LogP contribution in [0.25, 0.3) is 11.3 Å². The minimum absolute atomic E-state index is 0.158. The van der Waals surface area contributed by atoms with E-state index in [0.717, 1.165) is 12.1 Å². The van der Waals surface area contributed by atoms with Gasteiger partial charge >= 0.3 is 6.18 Å². The van der Waals surface area contributed by atoms with Crippen molar-refractivity contribution in [1.82, 2.24) is 4.98 Å². The number of halogens is 3. The summed E-state index contributed by atoms with van der Waals surface area (Å²) in [5.74, 6) is 0.117. The maximum atomic E-state index is 13.2. The molecule has 0 radical (unpaired) electrons. The number of rotatable bonds is 3. The molecule has 23 heavy (non-hydrogen) atoms. The zero-order valence-electron chi connectivity index (χ0n) is 12.5. The summed E-state index contributed by atoms with van der Waals surface area (Å²) < 4.78 is 44.8. The van der Waals surface area contributed by atoms with E-state index >= 15 is 0 Å². The van der Waals surface area contributed by atoms with Crippen LogP contribution in [-0.4, -0.2) is 17.4 Å². The fourth-order valence-electron chi connectivity index (χ4n) is 2.84. The van der Waals surface area contributed by atoms with Crippen molar-refractivity contribution >= 4 is 11.6 Å². The fraction of sp³-hybridized carbons (Fsp3) is 0.375. The summed E-state index contributed by atoms with van der Waals surface area (Å²) >= 11 is 0. The maximum Gasteiger partial charge on any atom is 0.416 e.